The lowest BCUT2D eigenvalue weighted by Crippen LogP contribution is -2.55. The molecule has 0 amide bonds. The van der Waals surface area contributed by atoms with Crippen molar-refractivity contribution >= 4 is 0 Å². The van der Waals surface area contributed by atoms with Gasteiger partial charge in [0.15, 0.2) is 0 Å². The summed E-state index contributed by atoms with van der Waals surface area (Å²) >= 11 is 0. The Morgan fingerprint density at radius 3 is 2.94 bits per heavy atom. The standard InChI is InChI=1S/C13H24N4/c1-4-13-9-15-11(2)10-17(13)8-7-16-6-5-14-12(16)3/h5-6,11,13,15H,4,7-10H2,1-3H3. The Hall–Kier alpha value is -0.870. The highest BCUT2D eigenvalue weighted by atomic mass is 15.2. The molecule has 2 heterocycles. The molecule has 2 unspecified atom stereocenters. The van der Waals surface area contributed by atoms with Gasteiger partial charge in [-0.1, -0.05) is 6.92 Å². The Bertz CT molecular complexity index is 347. The molecule has 1 N–H and O–H groups in total. The molecule has 2 rings (SSSR count). The van der Waals surface area contributed by atoms with Crippen LogP contribution in [0.1, 0.15) is 26.1 Å². The van der Waals surface area contributed by atoms with Gasteiger partial charge in [-0.15, -0.1) is 0 Å². The van der Waals surface area contributed by atoms with Gasteiger partial charge in [-0.05, 0) is 20.3 Å². The molecule has 1 aromatic heterocycles. The first kappa shape index (κ1) is 12.6. The maximum Gasteiger partial charge on any atom is 0.105 e. The SMILES string of the molecule is CCC1CNC(C)CN1CCn1ccnc1C. The summed E-state index contributed by atoms with van der Waals surface area (Å²) in [5.74, 6) is 1.11. The van der Waals surface area contributed by atoms with E-state index in [1.54, 1.807) is 0 Å². The van der Waals surface area contributed by atoms with Crippen LogP contribution in [0.2, 0.25) is 0 Å². The molecule has 1 saturated heterocycles. The lowest BCUT2D eigenvalue weighted by atomic mass is 10.1. The van der Waals surface area contributed by atoms with Gasteiger partial charge in [0.2, 0.25) is 0 Å². The van der Waals surface area contributed by atoms with Gasteiger partial charge in [0.25, 0.3) is 0 Å². The molecule has 17 heavy (non-hydrogen) atoms. The summed E-state index contributed by atoms with van der Waals surface area (Å²) in [6.45, 7) is 11.1. The lowest BCUT2D eigenvalue weighted by molar-refractivity contribution is 0.127. The van der Waals surface area contributed by atoms with Crippen molar-refractivity contribution in [2.24, 2.45) is 0 Å². The second kappa shape index (κ2) is 5.65. The van der Waals surface area contributed by atoms with Gasteiger partial charge in [-0.25, -0.2) is 4.98 Å². The van der Waals surface area contributed by atoms with Crippen molar-refractivity contribution in [3.05, 3.63) is 18.2 Å². The molecule has 4 nitrogen and oxygen atoms in total. The topological polar surface area (TPSA) is 33.1 Å². The molecule has 4 heteroatoms. The van der Waals surface area contributed by atoms with E-state index in [1.807, 2.05) is 6.20 Å². The van der Waals surface area contributed by atoms with Crippen molar-refractivity contribution in [1.29, 1.82) is 0 Å². The summed E-state index contributed by atoms with van der Waals surface area (Å²) in [7, 11) is 0. The summed E-state index contributed by atoms with van der Waals surface area (Å²) in [5.41, 5.74) is 0. The molecule has 96 valence electrons. The van der Waals surface area contributed by atoms with Gasteiger partial charge in [-0.3, -0.25) is 4.90 Å². The Labute approximate surface area is 104 Å². The highest BCUT2D eigenvalue weighted by Crippen LogP contribution is 2.10. The monoisotopic (exact) mass is 236 g/mol. The van der Waals surface area contributed by atoms with E-state index in [0.717, 1.165) is 32.0 Å². The van der Waals surface area contributed by atoms with Crippen LogP contribution in [-0.4, -0.2) is 46.2 Å². The van der Waals surface area contributed by atoms with Crippen LogP contribution in [0.3, 0.4) is 0 Å². The Balaban J connectivity index is 1.90. The molecule has 1 aliphatic rings. The summed E-state index contributed by atoms with van der Waals surface area (Å²) in [6.07, 6.45) is 5.18. The number of hydrogen-bond donors (Lipinski definition) is 1. The minimum absolute atomic E-state index is 0.613. The number of hydrogen-bond acceptors (Lipinski definition) is 3. The molecule has 2 atom stereocenters. The molecular weight excluding hydrogens is 212 g/mol. The van der Waals surface area contributed by atoms with Gasteiger partial charge >= 0.3 is 0 Å². The fourth-order valence-electron chi connectivity index (χ4n) is 2.58. The van der Waals surface area contributed by atoms with Crippen molar-refractivity contribution in [3.8, 4) is 0 Å². The molecule has 1 fully saturated rings. The normalized spacial score (nSPS) is 26.3. The molecule has 1 aliphatic heterocycles. The van der Waals surface area contributed by atoms with E-state index in [9.17, 15) is 0 Å². The highest BCUT2D eigenvalue weighted by Gasteiger charge is 2.23. The van der Waals surface area contributed by atoms with Crippen molar-refractivity contribution < 1.29 is 0 Å². The fraction of sp³-hybridized carbons (Fsp3) is 0.769. The fourth-order valence-corrected chi connectivity index (χ4v) is 2.58. The van der Waals surface area contributed by atoms with Crippen LogP contribution >= 0.6 is 0 Å². The number of aryl methyl sites for hydroxylation is 1. The van der Waals surface area contributed by atoms with E-state index >= 15 is 0 Å². The van der Waals surface area contributed by atoms with Crippen LogP contribution < -0.4 is 5.32 Å². The van der Waals surface area contributed by atoms with Gasteiger partial charge in [0.1, 0.15) is 5.82 Å². The van der Waals surface area contributed by atoms with Crippen molar-refractivity contribution in [1.82, 2.24) is 19.8 Å². The van der Waals surface area contributed by atoms with Gasteiger partial charge in [0.05, 0.1) is 0 Å². The molecule has 1 aromatic rings. The number of piperazine rings is 1. The third-order valence-electron chi connectivity index (χ3n) is 3.75. The molecule has 0 bridgehead atoms. The predicted molar refractivity (Wildman–Crippen MR) is 70.1 cm³/mol. The van der Waals surface area contributed by atoms with Crippen LogP contribution in [0.5, 0.6) is 0 Å². The maximum atomic E-state index is 4.27. The quantitative estimate of drug-likeness (QED) is 0.854. The van der Waals surface area contributed by atoms with Crippen molar-refractivity contribution in [3.63, 3.8) is 0 Å². The smallest absolute Gasteiger partial charge is 0.105 e. The zero-order chi connectivity index (χ0) is 12.3. The first-order chi connectivity index (χ1) is 8.20. The van der Waals surface area contributed by atoms with Crippen LogP contribution in [0.25, 0.3) is 0 Å². The molecule has 0 aliphatic carbocycles. The Morgan fingerprint density at radius 1 is 1.47 bits per heavy atom. The molecular formula is C13H24N4. The summed E-state index contributed by atoms with van der Waals surface area (Å²) < 4.78 is 2.24. The zero-order valence-electron chi connectivity index (χ0n) is 11.2. The number of nitrogens with one attached hydrogen (secondary N) is 1. The predicted octanol–water partition coefficient (Wildman–Crippen LogP) is 1.26. The molecule has 0 spiro atoms. The lowest BCUT2D eigenvalue weighted by Gasteiger charge is -2.39. The minimum atomic E-state index is 0.613. The minimum Gasteiger partial charge on any atom is -0.334 e. The molecule has 0 saturated carbocycles. The van der Waals surface area contributed by atoms with Crippen molar-refractivity contribution in [2.45, 2.75) is 45.8 Å². The third-order valence-corrected chi connectivity index (χ3v) is 3.75. The van der Waals surface area contributed by atoms with Crippen LogP contribution in [-0.2, 0) is 6.54 Å². The molecule has 0 radical (unpaired) electrons. The number of nitrogens with zero attached hydrogens (tertiary/aromatic N) is 3. The van der Waals surface area contributed by atoms with E-state index in [1.165, 1.54) is 6.42 Å². The van der Waals surface area contributed by atoms with E-state index in [-0.39, 0.29) is 0 Å². The van der Waals surface area contributed by atoms with E-state index in [2.05, 4.69) is 46.7 Å². The Morgan fingerprint density at radius 2 is 2.29 bits per heavy atom. The van der Waals surface area contributed by atoms with E-state index in [0.29, 0.717) is 12.1 Å². The second-order valence-electron chi connectivity index (χ2n) is 5.03. The summed E-state index contributed by atoms with van der Waals surface area (Å²) in [5, 5.41) is 3.56. The van der Waals surface area contributed by atoms with Crippen LogP contribution in [0.4, 0.5) is 0 Å². The van der Waals surface area contributed by atoms with Gasteiger partial charge in [-0.2, -0.15) is 0 Å². The largest absolute Gasteiger partial charge is 0.334 e. The van der Waals surface area contributed by atoms with Crippen LogP contribution in [0, 0.1) is 6.92 Å². The third kappa shape index (κ3) is 3.07. The van der Waals surface area contributed by atoms with Gasteiger partial charge < -0.3 is 9.88 Å². The highest BCUT2D eigenvalue weighted by molar-refractivity contribution is 4.89. The van der Waals surface area contributed by atoms with Crippen LogP contribution in [0.15, 0.2) is 12.4 Å². The number of imidazole rings is 1. The van der Waals surface area contributed by atoms with Crippen molar-refractivity contribution in [2.75, 3.05) is 19.6 Å². The second-order valence-corrected chi connectivity index (χ2v) is 5.03. The first-order valence-corrected chi connectivity index (χ1v) is 6.66. The average molecular weight is 236 g/mol. The summed E-state index contributed by atoms with van der Waals surface area (Å²) in [6, 6.07) is 1.30. The molecule has 0 aromatic carbocycles. The van der Waals surface area contributed by atoms with E-state index < -0.39 is 0 Å². The number of rotatable bonds is 4. The van der Waals surface area contributed by atoms with E-state index in [4.69, 9.17) is 0 Å². The Kier molecular flexibility index (Phi) is 4.18. The van der Waals surface area contributed by atoms with Gasteiger partial charge in [0, 0.05) is 50.7 Å². The number of aromatic nitrogens is 2. The first-order valence-electron chi connectivity index (χ1n) is 6.66. The zero-order valence-corrected chi connectivity index (χ0v) is 11.2. The maximum absolute atomic E-state index is 4.27. The average Bonchev–Trinajstić information content (AvgIpc) is 2.72. The summed E-state index contributed by atoms with van der Waals surface area (Å²) in [4.78, 5) is 6.88.